The molecule has 3 heteroatoms. The van der Waals surface area contributed by atoms with Crippen molar-refractivity contribution >= 4 is 5.69 Å². The summed E-state index contributed by atoms with van der Waals surface area (Å²) in [5.41, 5.74) is 1.25. The number of para-hydroxylation sites is 1. The zero-order valence-electron chi connectivity index (χ0n) is 11.6. The Kier molecular flexibility index (Phi) is 6.01. The topological polar surface area (TPSA) is 9.72 Å². The predicted molar refractivity (Wildman–Crippen MR) is 75.8 cm³/mol. The van der Waals surface area contributed by atoms with Gasteiger partial charge in [-0.15, -0.1) is 0 Å². The van der Waals surface area contributed by atoms with Crippen LogP contribution in [0.3, 0.4) is 0 Å². The first-order valence-corrected chi connectivity index (χ1v) is 6.19. The molecule has 1 heterocycles. The van der Waals surface area contributed by atoms with Gasteiger partial charge < -0.3 is 14.7 Å². The molecule has 0 atom stereocenters. The van der Waals surface area contributed by atoms with E-state index in [2.05, 4.69) is 40.9 Å². The number of piperazine rings is 1. The van der Waals surface area contributed by atoms with Crippen LogP contribution < -0.4 is 4.90 Å². The standard InChI is InChI=1S/C8H11N.C6H14N2/c1-9(2)8-6-4-3-5-7-8;1-7-3-5-8(2)6-4-7/h3-7H,1-2H3;3-6H2,1-2H3. The third-order valence-corrected chi connectivity index (χ3v) is 3.00. The van der Waals surface area contributed by atoms with Gasteiger partial charge in [0.15, 0.2) is 0 Å². The summed E-state index contributed by atoms with van der Waals surface area (Å²) in [6.45, 7) is 4.93. The van der Waals surface area contributed by atoms with E-state index < -0.39 is 0 Å². The van der Waals surface area contributed by atoms with E-state index in [-0.39, 0.29) is 0 Å². The largest absolute Gasteiger partial charge is 0.378 e. The van der Waals surface area contributed by atoms with Crippen LogP contribution in [-0.4, -0.2) is 64.2 Å². The second-order valence-electron chi connectivity index (χ2n) is 4.84. The van der Waals surface area contributed by atoms with Crippen molar-refractivity contribution in [3.05, 3.63) is 30.3 Å². The van der Waals surface area contributed by atoms with E-state index in [1.54, 1.807) is 0 Å². The molecule has 0 unspecified atom stereocenters. The molecule has 3 nitrogen and oxygen atoms in total. The summed E-state index contributed by atoms with van der Waals surface area (Å²) in [4.78, 5) is 6.81. The van der Waals surface area contributed by atoms with Crippen molar-refractivity contribution in [2.24, 2.45) is 0 Å². The number of likely N-dealkylation sites (N-methyl/N-ethyl adjacent to an activating group) is 2. The molecule has 0 aromatic heterocycles. The first-order chi connectivity index (χ1) is 8.09. The fraction of sp³-hybridized carbons (Fsp3) is 0.571. The number of rotatable bonds is 1. The van der Waals surface area contributed by atoms with Gasteiger partial charge >= 0.3 is 0 Å². The van der Waals surface area contributed by atoms with Crippen molar-refractivity contribution in [1.82, 2.24) is 9.80 Å². The number of benzene rings is 1. The van der Waals surface area contributed by atoms with Crippen LogP contribution in [0.2, 0.25) is 0 Å². The van der Waals surface area contributed by atoms with Gasteiger partial charge in [-0.3, -0.25) is 0 Å². The highest BCUT2D eigenvalue weighted by Crippen LogP contribution is 2.07. The van der Waals surface area contributed by atoms with Crippen LogP contribution in [0.25, 0.3) is 0 Å². The first-order valence-electron chi connectivity index (χ1n) is 6.19. The molecule has 1 aromatic carbocycles. The molecule has 2 rings (SSSR count). The lowest BCUT2D eigenvalue weighted by atomic mass is 10.3. The summed E-state index contributed by atoms with van der Waals surface area (Å²) in [7, 11) is 8.42. The maximum absolute atomic E-state index is 2.36. The van der Waals surface area contributed by atoms with Crippen LogP contribution in [0, 0.1) is 0 Å². The van der Waals surface area contributed by atoms with Crippen LogP contribution >= 0.6 is 0 Å². The Balaban J connectivity index is 0.000000171. The second kappa shape index (κ2) is 7.30. The number of hydrogen-bond donors (Lipinski definition) is 0. The summed E-state index contributed by atoms with van der Waals surface area (Å²) in [5.74, 6) is 0. The molecule has 0 aliphatic carbocycles. The predicted octanol–water partition coefficient (Wildman–Crippen LogP) is 1.62. The maximum atomic E-state index is 2.36. The average molecular weight is 235 g/mol. The van der Waals surface area contributed by atoms with E-state index in [1.807, 2.05) is 32.3 Å². The highest BCUT2D eigenvalue weighted by atomic mass is 15.2. The summed E-state index contributed by atoms with van der Waals surface area (Å²) in [5, 5.41) is 0. The molecular weight excluding hydrogens is 210 g/mol. The van der Waals surface area contributed by atoms with Gasteiger partial charge in [0.05, 0.1) is 0 Å². The molecule has 1 aliphatic rings. The molecule has 0 N–H and O–H groups in total. The Bertz CT molecular complexity index is 280. The Morgan fingerprint density at radius 1 is 0.824 bits per heavy atom. The Hall–Kier alpha value is -1.06. The molecule has 0 radical (unpaired) electrons. The lowest BCUT2D eigenvalue weighted by molar-refractivity contribution is 0.181. The molecule has 0 amide bonds. The van der Waals surface area contributed by atoms with E-state index in [0.717, 1.165) is 0 Å². The molecule has 17 heavy (non-hydrogen) atoms. The number of nitrogens with zero attached hydrogens (tertiary/aromatic N) is 3. The minimum absolute atomic E-state index is 1.23. The van der Waals surface area contributed by atoms with Crippen molar-refractivity contribution in [2.45, 2.75) is 0 Å². The lowest BCUT2D eigenvalue weighted by Crippen LogP contribution is -2.42. The number of hydrogen-bond acceptors (Lipinski definition) is 3. The van der Waals surface area contributed by atoms with Crippen LogP contribution in [0.1, 0.15) is 0 Å². The summed E-state index contributed by atoms with van der Waals surface area (Å²) >= 11 is 0. The van der Waals surface area contributed by atoms with Gasteiger partial charge in [-0.05, 0) is 26.2 Å². The van der Waals surface area contributed by atoms with Crippen molar-refractivity contribution in [3.8, 4) is 0 Å². The van der Waals surface area contributed by atoms with Crippen LogP contribution in [0.15, 0.2) is 30.3 Å². The van der Waals surface area contributed by atoms with Gasteiger partial charge in [-0.1, -0.05) is 18.2 Å². The monoisotopic (exact) mass is 235 g/mol. The van der Waals surface area contributed by atoms with E-state index in [1.165, 1.54) is 31.9 Å². The van der Waals surface area contributed by atoms with Gasteiger partial charge in [0, 0.05) is 46.0 Å². The molecule has 1 aromatic rings. The normalized spacial score (nSPS) is 17.2. The van der Waals surface area contributed by atoms with E-state index in [4.69, 9.17) is 0 Å². The van der Waals surface area contributed by atoms with Crippen molar-refractivity contribution in [2.75, 3.05) is 59.3 Å². The minimum Gasteiger partial charge on any atom is -0.378 e. The maximum Gasteiger partial charge on any atom is 0.0360 e. The summed E-state index contributed by atoms with van der Waals surface area (Å²) < 4.78 is 0. The fourth-order valence-corrected chi connectivity index (χ4v) is 1.63. The molecule has 1 saturated heterocycles. The molecule has 0 bridgehead atoms. The third kappa shape index (κ3) is 5.71. The molecule has 0 saturated carbocycles. The quantitative estimate of drug-likeness (QED) is 0.732. The summed E-state index contributed by atoms with van der Waals surface area (Å²) in [6, 6.07) is 10.3. The Morgan fingerprint density at radius 2 is 1.24 bits per heavy atom. The van der Waals surface area contributed by atoms with Gasteiger partial charge in [-0.2, -0.15) is 0 Å². The number of anilines is 1. The van der Waals surface area contributed by atoms with E-state index in [0.29, 0.717) is 0 Å². The minimum atomic E-state index is 1.23. The van der Waals surface area contributed by atoms with Crippen molar-refractivity contribution in [1.29, 1.82) is 0 Å². The third-order valence-electron chi connectivity index (χ3n) is 3.00. The van der Waals surface area contributed by atoms with Crippen LogP contribution in [-0.2, 0) is 0 Å². The summed E-state index contributed by atoms with van der Waals surface area (Å²) in [6.07, 6.45) is 0. The molecule has 1 aliphatic heterocycles. The molecule has 0 spiro atoms. The van der Waals surface area contributed by atoms with Crippen molar-refractivity contribution < 1.29 is 0 Å². The Morgan fingerprint density at radius 3 is 1.53 bits per heavy atom. The Labute approximate surface area is 106 Å². The highest BCUT2D eigenvalue weighted by molar-refractivity contribution is 5.43. The molecule has 96 valence electrons. The first kappa shape index (κ1) is 14.0. The average Bonchev–Trinajstić information content (AvgIpc) is 2.35. The zero-order chi connectivity index (χ0) is 12.7. The van der Waals surface area contributed by atoms with Crippen molar-refractivity contribution in [3.63, 3.8) is 0 Å². The zero-order valence-corrected chi connectivity index (χ0v) is 11.6. The molecule has 1 fully saturated rings. The fourth-order valence-electron chi connectivity index (χ4n) is 1.63. The highest BCUT2D eigenvalue weighted by Gasteiger charge is 2.07. The van der Waals surface area contributed by atoms with Gasteiger partial charge in [0.25, 0.3) is 0 Å². The van der Waals surface area contributed by atoms with E-state index >= 15 is 0 Å². The SMILES string of the molecule is CN(C)c1ccccc1.CN1CCN(C)CC1. The van der Waals surface area contributed by atoms with Gasteiger partial charge in [-0.25, -0.2) is 0 Å². The van der Waals surface area contributed by atoms with Gasteiger partial charge in [0.2, 0.25) is 0 Å². The molecular formula is C14H25N3. The smallest absolute Gasteiger partial charge is 0.0360 e. The van der Waals surface area contributed by atoms with Crippen LogP contribution in [0.5, 0.6) is 0 Å². The lowest BCUT2D eigenvalue weighted by Gasteiger charge is -2.28. The van der Waals surface area contributed by atoms with E-state index in [9.17, 15) is 0 Å². The van der Waals surface area contributed by atoms with Gasteiger partial charge in [0.1, 0.15) is 0 Å². The second-order valence-corrected chi connectivity index (χ2v) is 4.84. The van der Waals surface area contributed by atoms with Crippen LogP contribution in [0.4, 0.5) is 5.69 Å².